The average Bonchev–Trinajstić information content (AvgIpc) is 3.07. The summed E-state index contributed by atoms with van der Waals surface area (Å²) in [5, 5.41) is 14.8. The minimum atomic E-state index is -0.763. The Kier molecular flexibility index (Phi) is 3.84. The SMILES string of the molecule is O=C1ON=C(c2cc([N+](=O)[O-])c(Cl)cc2Cl)[C@@H]1C1=NCCC1. The average molecular weight is 342 g/mol. The topological polar surface area (TPSA) is 94.2 Å². The zero-order chi connectivity index (χ0) is 15.9. The largest absolute Gasteiger partial charge is 0.349 e. The number of oxime groups is 1. The van der Waals surface area contributed by atoms with Crippen LogP contribution in [0.3, 0.4) is 0 Å². The van der Waals surface area contributed by atoms with Crippen LogP contribution in [0.1, 0.15) is 18.4 Å². The first-order valence-corrected chi connectivity index (χ1v) is 7.20. The number of nitro groups is 1. The van der Waals surface area contributed by atoms with Gasteiger partial charge in [-0.1, -0.05) is 28.4 Å². The summed E-state index contributed by atoms with van der Waals surface area (Å²) < 4.78 is 0. The molecule has 1 atom stereocenters. The van der Waals surface area contributed by atoms with E-state index in [4.69, 9.17) is 28.0 Å². The van der Waals surface area contributed by atoms with E-state index in [0.717, 1.165) is 6.42 Å². The van der Waals surface area contributed by atoms with Gasteiger partial charge in [-0.3, -0.25) is 15.1 Å². The Morgan fingerprint density at radius 2 is 2.09 bits per heavy atom. The number of halogens is 2. The van der Waals surface area contributed by atoms with Crippen molar-refractivity contribution in [2.24, 2.45) is 16.1 Å². The molecule has 0 N–H and O–H groups in total. The molecule has 22 heavy (non-hydrogen) atoms. The fraction of sp³-hybridized carbons (Fsp3) is 0.308. The van der Waals surface area contributed by atoms with E-state index in [1.54, 1.807) is 0 Å². The van der Waals surface area contributed by atoms with Crippen LogP contribution >= 0.6 is 23.2 Å². The van der Waals surface area contributed by atoms with Crippen LogP contribution in [0.15, 0.2) is 22.3 Å². The maximum absolute atomic E-state index is 11.9. The molecular formula is C13H9Cl2N3O4. The molecule has 2 aliphatic rings. The maximum atomic E-state index is 11.9. The first kappa shape index (κ1) is 14.9. The number of nitrogens with zero attached hydrogens (tertiary/aromatic N) is 3. The van der Waals surface area contributed by atoms with Crippen LogP contribution in [0.25, 0.3) is 0 Å². The molecule has 0 saturated carbocycles. The lowest BCUT2D eigenvalue weighted by molar-refractivity contribution is -0.384. The summed E-state index contributed by atoms with van der Waals surface area (Å²) in [7, 11) is 0. The second-order valence-electron chi connectivity index (χ2n) is 4.84. The molecule has 9 heteroatoms. The number of carbonyl (C=O) groups excluding carboxylic acids is 1. The summed E-state index contributed by atoms with van der Waals surface area (Å²) in [6, 6.07) is 2.46. The molecule has 2 aliphatic heterocycles. The highest BCUT2D eigenvalue weighted by atomic mass is 35.5. The second kappa shape index (κ2) is 5.66. The van der Waals surface area contributed by atoms with E-state index in [1.807, 2.05) is 0 Å². The molecule has 2 heterocycles. The molecule has 0 unspecified atom stereocenters. The Morgan fingerprint density at radius 3 is 2.73 bits per heavy atom. The third-order valence-electron chi connectivity index (χ3n) is 3.49. The molecule has 1 aromatic rings. The van der Waals surface area contributed by atoms with E-state index in [2.05, 4.69) is 10.1 Å². The van der Waals surface area contributed by atoms with E-state index in [-0.39, 0.29) is 27.0 Å². The first-order valence-electron chi connectivity index (χ1n) is 6.45. The van der Waals surface area contributed by atoms with Crippen LogP contribution in [0.4, 0.5) is 5.69 Å². The number of benzene rings is 1. The highest BCUT2D eigenvalue weighted by Gasteiger charge is 2.40. The third kappa shape index (κ3) is 2.46. The maximum Gasteiger partial charge on any atom is 0.349 e. The Hall–Kier alpha value is -1.99. The quantitative estimate of drug-likeness (QED) is 0.479. The third-order valence-corrected chi connectivity index (χ3v) is 4.11. The van der Waals surface area contributed by atoms with Gasteiger partial charge >= 0.3 is 5.97 Å². The number of aliphatic imine (C=N–C) groups is 1. The van der Waals surface area contributed by atoms with Gasteiger partial charge in [-0.15, -0.1) is 0 Å². The summed E-state index contributed by atoms with van der Waals surface area (Å²) in [6.45, 7) is 0.640. The Bertz CT molecular complexity index is 745. The highest BCUT2D eigenvalue weighted by Crippen LogP contribution is 2.34. The summed E-state index contributed by atoms with van der Waals surface area (Å²) >= 11 is 11.9. The summed E-state index contributed by atoms with van der Waals surface area (Å²) in [5.41, 5.74) is 0.837. The Balaban J connectivity index is 2.08. The van der Waals surface area contributed by atoms with Crippen molar-refractivity contribution in [2.75, 3.05) is 6.54 Å². The van der Waals surface area contributed by atoms with Gasteiger partial charge in [-0.2, -0.15) is 0 Å². The van der Waals surface area contributed by atoms with Crippen molar-refractivity contribution in [3.63, 3.8) is 0 Å². The van der Waals surface area contributed by atoms with Gasteiger partial charge in [0.05, 0.1) is 9.95 Å². The molecule has 0 spiro atoms. The smallest absolute Gasteiger partial charge is 0.317 e. The number of rotatable bonds is 3. The number of hydrogen-bond donors (Lipinski definition) is 0. The molecule has 114 valence electrons. The predicted octanol–water partition coefficient (Wildman–Crippen LogP) is 3.01. The van der Waals surface area contributed by atoms with Crippen molar-refractivity contribution in [3.05, 3.63) is 37.9 Å². The van der Waals surface area contributed by atoms with Gasteiger partial charge < -0.3 is 4.84 Å². The lowest BCUT2D eigenvalue weighted by Gasteiger charge is -2.10. The number of carbonyl (C=O) groups is 1. The van der Waals surface area contributed by atoms with Gasteiger partial charge in [0.2, 0.25) is 0 Å². The van der Waals surface area contributed by atoms with Crippen molar-refractivity contribution >= 4 is 46.3 Å². The molecular weight excluding hydrogens is 333 g/mol. The summed E-state index contributed by atoms with van der Waals surface area (Å²) in [5.74, 6) is -1.31. The van der Waals surface area contributed by atoms with E-state index in [9.17, 15) is 14.9 Å². The molecule has 7 nitrogen and oxygen atoms in total. The minimum Gasteiger partial charge on any atom is -0.317 e. The van der Waals surface area contributed by atoms with Crippen molar-refractivity contribution in [1.82, 2.24) is 0 Å². The van der Waals surface area contributed by atoms with Gasteiger partial charge in [0, 0.05) is 23.9 Å². The predicted molar refractivity (Wildman–Crippen MR) is 80.8 cm³/mol. The number of nitro benzene ring substituents is 1. The van der Waals surface area contributed by atoms with Crippen molar-refractivity contribution in [1.29, 1.82) is 0 Å². The van der Waals surface area contributed by atoms with Crippen LogP contribution in [0.2, 0.25) is 10.0 Å². The molecule has 0 radical (unpaired) electrons. The molecule has 0 bridgehead atoms. The lowest BCUT2D eigenvalue weighted by atomic mass is 9.91. The van der Waals surface area contributed by atoms with E-state index >= 15 is 0 Å². The van der Waals surface area contributed by atoms with E-state index < -0.39 is 16.8 Å². The van der Waals surface area contributed by atoms with Gasteiger partial charge in [0.25, 0.3) is 5.69 Å². The van der Waals surface area contributed by atoms with Gasteiger partial charge in [0.15, 0.2) is 0 Å². The zero-order valence-corrected chi connectivity index (χ0v) is 12.6. The van der Waals surface area contributed by atoms with E-state index in [0.29, 0.717) is 18.7 Å². The summed E-state index contributed by atoms with van der Waals surface area (Å²) in [4.78, 5) is 31.3. The molecule has 0 amide bonds. The fourth-order valence-corrected chi connectivity index (χ4v) is 3.03. The molecule has 3 rings (SSSR count). The van der Waals surface area contributed by atoms with Crippen LogP contribution in [0, 0.1) is 16.0 Å². The van der Waals surface area contributed by atoms with Crippen molar-refractivity contribution in [2.45, 2.75) is 12.8 Å². The highest BCUT2D eigenvalue weighted by molar-refractivity contribution is 6.40. The monoisotopic (exact) mass is 341 g/mol. The molecule has 1 aromatic carbocycles. The van der Waals surface area contributed by atoms with Crippen LogP contribution in [-0.2, 0) is 9.63 Å². The summed E-state index contributed by atoms with van der Waals surface area (Å²) in [6.07, 6.45) is 1.51. The van der Waals surface area contributed by atoms with Crippen LogP contribution in [-0.4, -0.2) is 28.9 Å². The second-order valence-corrected chi connectivity index (χ2v) is 5.65. The molecule has 0 aliphatic carbocycles. The van der Waals surface area contributed by atoms with Gasteiger partial charge in [0.1, 0.15) is 16.7 Å². The fourth-order valence-electron chi connectivity index (χ4n) is 2.48. The van der Waals surface area contributed by atoms with Gasteiger partial charge in [-0.25, -0.2) is 4.79 Å². The van der Waals surface area contributed by atoms with Crippen molar-refractivity contribution < 1.29 is 14.6 Å². The van der Waals surface area contributed by atoms with Crippen molar-refractivity contribution in [3.8, 4) is 0 Å². The first-order chi connectivity index (χ1) is 10.5. The zero-order valence-electron chi connectivity index (χ0n) is 11.1. The van der Waals surface area contributed by atoms with Crippen LogP contribution < -0.4 is 0 Å². The number of hydrogen-bond acceptors (Lipinski definition) is 6. The van der Waals surface area contributed by atoms with Gasteiger partial charge in [-0.05, 0) is 18.9 Å². The van der Waals surface area contributed by atoms with Crippen LogP contribution in [0.5, 0.6) is 0 Å². The molecule has 0 saturated heterocycles. The minimum absolute atomic E-state index is 0.0839. The molecule has 0 fully saturated rings. The van der Waals surface area contributed by atoms with E-state index in [1.165, 1.54) is 12.1 Å². The molecule has 0 aromatic heterocycles. The normalized spacial score (nSPS) is 20.6. The Labute approximate surface area is 134 Å². The Morgan fingerprint density at radius 1 is 1.32 bits per heavy atom. The lowest BCUT2D eigenvalue weighted by Crippen LogP contribution is -2.27. The standard InChI is InChI=1S/C13H9Cl2N3O4/c14-7-5-8(15)10(18(20)21)4-6(7)12-11(13(19)22-17-12)9-2-1-3-16-9/h4-5,11H,1-3H2/t11-/m0/s1.